The number of rotatable bonds is 6. The standard InChI is InChI=1S/C74H64N4O2.Pt/c1-46-36-70(75-44-59(46)47-30-32-48(33-31-47)71(2,3)4)78-66-41-54(79-53-21-19-20-51(40-53)76-45-77(65-27-16-15-26-64(65)76)52-38-49(72(5,6)7)37-50(39-52)73(8,9)10)34-35-56(66)58-42-57-55-22-11-12-23-60(55)74(63(57)43-67(58)78)61-24-13-17-28-68(61)80-69-29-18-14-25-62(69)74;/h11-44H,1-10H3;/i1D3;. The molecule has 3 aromatic heterocycles. The molecule has 402 valence electrons. The van der Waals surface area contributed by atoms with Gasteiger partial charge in [-0.15, -0.1) is 0 Å². The summed E-state index contributed by atoms with van der Waals surface area (Å²) in [7, 11) is 0. The van der Waals surface area contributed by atoms with Crippen molar-refractivity contribution in [3.8, 4) is 62.4 Å². The second-order valence-electron chi connectivity index (χ2n) is 25.0. The SMILES string of the molecule is [2H]C([2H])([2H])c1cc(-n2c3cc(Oc4cccc(-n5[c](=[Pt])n(-c6cc(C(C)(C)C)cc(C(C)(C)C)c6)c6ccccc65)c4)ccc3c3cc4c(cc32)C2(c3ccccc3Oc3ccccc32)c2ccccc2-4)ncc1-c1ccc(C(C)(C)C)cc1. The van der Waals surface area contributed by atoms with Gasteiger partial charge in [0.25, 0.3) is 0 Å². The molecule has 14 rings (SSSR count). The number of nitrogens with zero attached hydrogens (tertiary/aromatic N) is 4. The number of benzene rings is 9. The van der Waals surface area contributed by atoms with Gasteiger partial charge in [0, 0.05) is 27.0 Å². The van der Waals surface area contributed by atoms with E-state index in [4.69, 9.17) is 18.6 Å². The molecule has 0 atom stereocenters. The fourth-order valence-electron chi connectivity index (χ4n) is 12.6. The molecule has 1 aliphatic heterocycles. The minimum atomic E-state index is -2.47. The number of imidazole rings is 1. The van der Waals surface area contributed by atoms with Crippen molar-refractivity contribution in [3.63, 3.8) is 0 Å². The van der Waals surface area contributed by atoms with Crippen molar-refractivity contribution in [2.24, 2.45) is 0 Å². The van der Waals surface area contributed by atoms with Crippen LogP contribution in [0.2, 0.25) is 0 Å². The molecule has 0 fully saturated rings. The van der Waals surface area contributed by atoms with Crippen LogP contribution in [0.5, 0.6) is 23.0 Å². The maximum atomic E-state index is 9.06. The van der Waals surface area contributed by atoms with E-state index in [1.807, 2.05) is 42.5 Å². The summed E-state index contributed by atoms with van der Waals surface area (Å²) < 4.78 is 48.8. The first kappa shape index (κ1) is 47.5. The van der Waals surface area contributed by atoms with Gasteiger partial charge in [0.1, 0.15) is 11.5 Å². The number of aromatic nitrogens is 4. The van der Waals surface area contributed by atoms with Gasteiger partial charge in [-0.05, 0) is 63.3 Å². The van der Waals surface area contributed by atoms with Gasteiger partial charge in [-0.2, -0.15) is 0 Å². The molecule has 0 saturated heterocycles. The molecule has 9 aromatic carbocycles. The van der Waals surface area contributed by atoms with Crippen molar-refractivity contribution in [2.75, 3.05) is 0 Å². The zero-order chi connectivity index (χ0) is 58.4. The van der Waals surface area contributed by atoms with Crippen LogP contribution in [0.25, 0.3) is 72.3 Å². The molecule has 6 nitrogen and oxygen atoms in total. The van der Waals surface area contributed by atoms with E-state index in [0.717, 1.165) is 98.5 Å². The van der Waals surface area contributed by atoms with Gasteiger partial charge in [0.15, 0.2) is 0 Å². The Morgan fingerprint density at radius 1 is 0.457 bits per heavy atom. The summed E-state index contributed by atoms with van der Waals surface area (Å²) in [6, 6.07) is 70.3. The molecule has 7 heteroatoms. The Labute approximate surface area is 489 Å². The molecular formula is C74H64N4O2Pt. The predicted molar refractivity (Wildman–Crippen MR) is 328 cm³/mol. The number of hydrogen-bond acceptors (Lipinski definition) is 3. The second-order valence-corrected chi connectivity index (χ2v) is 26.0. The fraction of sp³-hybridized carbons (Fsp3) is 0.189. The van der Waals surface area contributed by atoms with E-state index in [1.54, 1.807) is 12.3 Å². The Balaban J connectivity index is 0.963. The topological polar surface area (TPSA) is 46.1 Å². The van der Waals surface area contributed by atoms with E-state index in [9.17, 15) is 0 Å². The summed E-state index contributed by atoms with van der Waals surface area (Å²) in [6.07, 6.45) is 1.74. The monoisotopic (exact) mass is 1240 g/mol. The molecular weight excluding hydrogens is 1170 g/mol. The number of pyridine rings is 1. The van der Waals surface area contributed by atoms with E-state index in [2.05, 4.69) is 247 Å². The molecule has 2 aliphatic rings. The summed E-state index contributed by atoms with van der Waals surface area (Å²) in [5.74, 6) is 3.38. The van der Waals surface area contributed by atoms with Crippen LogP contribution in [-0.4, -0.2) is 18.7 Å². The Morgan fingerprint density at radius 2 is 1.05 bits per heavy atom. The quantitative estimate of drug-likeness (QED) is 0.167. The Morgan fingerprint density at radius 3 is 1.70 bits per heavy atom. The van der Waals surface area contributed by atoms with Crippen LogP contribution in [0.15, 0.2) is 206 Å². The molecule has 1 aliphatic carbocycles. The van der Waals surface area contributed by atoms with Crippen molar-refractivity contribution in [1.82, 2.24) is 18.7 Å². The zero-order valence-electron chi connectivity index (χ0n) is 50.1. The summed E-state index contributed by atoms with van der Waals surface area (Å²) in [5.41, 5.74) is 17.1. The average Bonchev–Trinajstić information content (AvgIpc) is 1.52. The minimum absolute atomic E-state index is 0.0510. The number of aryl methyl sites for hydroxylation is 1. The number of para-hydroxylation sites is 4. The number of hydrogen-bond donors (Lipinski definition) is 0. The third-order valence-electron chi connectivity index (χ3n) is 16.8. The van der Waals surface area contributed by atoms with E-state index >= 15 is 0 Å². The molecule has 0 amide bonds. The molecule has 0 unspecified atom stereocenters. The molecule has 1 spiro atoms. The number of ether oxygens (including phenoxy) is 2. The van der Waals surface area contributed by atoms with Gasteiger partial charge >= 0.3 is 275 Å². The third kappa shape index (κ3) is 8.07. The minimum Gasteiger partial charge on any atom is -0.457 e. The predicted octanol–water partition coefficient (Wildman–Crippen LogP) is 19.1. The Bertz CT molecular complexity index is 4670. The van der Waals surface area contributed by atoms with Gasteiger partial charge < -0.3 is 4.74 Å². The van der Waals surface area contributed by atoms with Crippen LogP contribution in [0.3, 0.4) is 0 Å². The Kier molecular flexibility index (Phi) is 10.8. The molecule has 81 heavy (non-hydrogen) atoms. The summed E-state index contributed by atoms with van der Waals surface area (Å²) in [6.45, 7) is 17.8. The van der Waals surface area contributed by atoms with Crippen LogP contribution >= 0.6 is 0 Å². The van der Waals surface area contributed by atoms with E-state index in [0.29, 0.717) is 22.9 Å². The van der Waals surface area contributed by atoms with Gasteiger partial charge in [-0.1, -0.05) is 106 Å². The zero-order valence-corrected chi connectivity index (χ0v) is 49.3. The van der Waals surface area contributed by atoms with Crippen LogP contribution in [0.1, 0.15) is 111 Å². The van der Waals surface area contributed by atoms with E-state index in [-0.39, 0.29) is 21.8 Å². The van der Waals surface area contributed by atoms with Crippen LogP contribution in [0.4, 0.5) is 0 Å². The summed E-state index contributed by atoms with van der Waals surface area (Å²) in [4.78, 5) is 5.25. The fourth-order valence-corrected chi connectivity index (χ4v) is 13.8. The van der Waals surface area contributed by atoms with Crippen molar-refractivity contribution >= 4 is 32.8 Å². The maximum absolute atomic E-state index is 9.06. The molecule has 4 heterocycles. The second kappa shape index (κ2) is 18.4. The number of fused-ring (bicyclic) bond motifs is 13. The molecule has 0 radical (unpaired) electrons. The first-order valence-electron chi connectivity index (χ1n) is 29.4. The van der Waals surface area contributed by atoms with E-state index in [1.165, 1.54) is 16.7 Å². The van der Waals surface area contributed by atoms with Gasteiger partial charge in [-0.25, -0.2) is 0 Å². The molecule has 0 bridgehead atoms. The van der Waals surface area contributed by atoms with Crippen LogP contribution in [0, 0.1) is 10.7 Å². The van der Waals surface area contributed by atoms with E-state index < -0.39 is 12.3 Å². The molecule has 0 saturated carbocycles. The Hall–Kier alpha value is -8.31. The first-order chi connectivity index (χ1) is 40.1. The van der Waals surface area contributed by atoms with Crippen molar-refractivity contribution in [3.05, 3.63) is 255 Å². The summed E-state index contributed by atoms with van der Waals surface area (Å²) >= 11 is 2.48. The van der Waals surface area contributed by atoms with Crippen molar-refractivity contribution in [2.45, 2.75) is 90.8 Å². The first-order valence-corrected chi connectivity index (χ1v) is 29.0. The smallest absolute Gasteiger partial charge is 0.457 e. The van der Waals surface area contributed by atoms with Crippen LogP contribution in [-0.2, 0) is 41.0 Å². The van der Waals surface area contributed by atoms with Gasteiger partial charge in [0.2, 0.25) is 0 Å². The molecule has 12 aromatic rings. The normalized spacial score (nSPS) is 14.3. The van der Waals surface area contributed by atoms with Crippen molar-refractivity contribution in [1.29, 1.82) is 0 Å². The van der Waals surface area contributed by atoms with Crippen molar-refractivity contribution < 1.29 is 32.9 Å². The van der Waals surface area contributed by atoms with Gasteiger partial charge in [-0.3, -0.25) is 0 Å². The third-order valence-corrected chi connectivity index (χ3v) is 17.8. The molecule has 0 N–H and O–H groups in total. The average molecular weight is 1240 g/mol. The summed E-state index contributed by atoms with van der Waals surface area (Å²) in [5, 5.41) is 1.98. The van der Waals surface area contributed by atoms with Gasteiger partial charge in [0.05, 0.1) is 5.41 Å². The van der Waals surface area contributed by atoms with Crippen LogP contribution < -0.4 is 9.47 Å².